The molecule has 0 aliphatic carbocycles. The smallest absolute Gasteiger partial charge is 0.224 e. The second-order valence-electron chi connectivity index (χ2n) is 4.93. The van der Waals surface area contributed by atoms with Crippen molar-refractivity contribution in [3.8, 4) is 0 Å². The lowest BCUT2D eigenvalue weighted by Crippen LogP contribution is -2.41. The van der Waals surface area contributed by atoms with Crippen LogP contribution in [-0.2, 0) is 16.8 Å². The van der Waals surface area contributed by atoms with Gasteiger partial charge in [-0.15, -0.1) is 11.3 Å². The van der Waals surface area contributed by atoms with Crippen molar-refractivity contribution in [1.29, 1.82) is 0 Å². The summed E-state index contributed by atoms with van der Waals surface area (Å²) in [5.74, 6) is -0.0800. The van der Waals surface area contributed by atoms with Gasteiger partial charge in [-0.3, -0.25) is 4.79 Å². The average Bonchev–Trinajstić information content (AvgIpc) is 3.26. The van der Waals surface area contributed by atoms with E-state index in [0.717, 1.165) is 16.0 Å². The van der Waals surface area contributed by atoms with E-state index in [1.54, 1.807) is 11.3 Å². The lowest BCUT2D eigenvalue weighted by Gasteiger charge is -2.27. The molecule has 3 heterocycles. The first-order valence-corrected chi connectivity index (χ1v) is 9.52. The molecule has 1 atom stereocenters. The molecule has 3 rings (SSSR count). The highest BCUT2D eigenvalue weighted by molar-refractivity contribution is 7.10. The summed E-state index contributed by atoms with van der Waals surface area (Å²) in [6.45, 7) is 0.174. The van der Waals surface area contributed by atoms with Crippen molar-refractivity contribution in [3.63, 3.8) is 0 Å². The van der Waals surface area contributed by atoms with E-state index in [1.165, 1.54) is 22.7 Å². The second-order valence-corrected chi connectivity index (χ2v) is 7.44. The van der Waals surface area contributed by atoms with Gasteiger partial charge < -0.3 is 10.4 Å². The molecule has 3 aromatic rings. The maximum atomic E-state index is 12.1. The third-order valence-corrected chi connectivity index (χ3v) is 5.85. The molecule has 2 N–H and O–H groups in total. The Morgan fingerprint density at radius 2 is 1.95 bits per heavy atom. The monoisotopic (exact) mass is 349 g/mol. The van der Waals surface area contributed by atoms with E-state index in [4.69, 9.17) is 0 Å². The number of rotatable bonds is 6. The molecule has 0 radical (unpaired) electrons. The zero-order valence-electron chi connectivity index (χ0n) is 11.7. The van der Waals surface area contributed by atoms with Crippen LogP contribution in [-0.4, -0.2) is 17.6 Å². The highest BCUT2D eigenvalue weighted by atomic mass is 32.1. The molecule has 0 saturated carbocycles. The predicted octanol–water partition coefficient (Wildman–Crippen LogP) is 3.47. The van der Waals surface area contributed by atoms with Crippen LogP contribution in [0.3, 0.4) is 0 Å². The van der Waals surface area contributed by atoms with Crippen molar-refractivity contribution < 1.29 is 9.90 Å². The Kier molecular flexibility index (Phi) is 4.73. The number of hydrogen-bond donors (Lipinski definition) is 2. The van der Waals surface area contributed by atoms with Crippen LogP contribution in [0.25, 0.3) is 0 Å². The molecule has 0 saturated heterocycles. The van der Waals surface area contributed by atoms with Crippen molar-refractivity contribution in [2.24, 2.45) is 0 Å². The number of hydrogen-bond acceptors (Lipinski definition) is 5. The van der Waals surface area contributed by atoms with Crippen LogP contribution in [0.4, 0.5) is 0 Å². The molecule has 0 bridgehead atoms. The Hall–Kier alpha value is -1.47. The first-order chi connectivity index (χ1) is 10.7. The third kappa shape index (κ3) is 3.30. The second kappa shape index (κ2) is 6.75. The fourth-order valence-electron chi connectivity index (χ4n) is 2.21. The zero-order chi connectivity index (χ0) is 15.4. The van der Waals surface area contributed by atoms with Gasteiger partial charge in [0.05, 0.1) is 13.0 Å². The Balaban J connectivity index is 1.73. The Morgan fingerprint density at radius 1 is 1.14 bits per heavy atom. The molecule has 0 spiro atoms. The highest BCUT2D eigenvalue weighted by Crippen LogP contribution is 2.33. The minimum Gasteiger partial charge on any atom is -0.378 e. The Bertz CT molecular complexity index is 669. The Morgan fingerprint density at radius 3 is 2.59 bits per heavy atom. The normalized spacial score (nSPS) is 13.7. The molecule has 0 fully saturated rings. The minimum absolute atomic E-state index is 0.0800. The highest BCUT2D eigenvalue weighted by Gasteiger charge is 2.33. The molecule has 3 aromatic heterocycles. The van der Waals surface area contributed by atoms with Crippen LogP contribution in [0.5, 0.6) is 0 Å². The fourth-order valence-corrected chi connectivity index (χ4v) is 4.45. The van der Waals surface area contributed by atoms with E-state index in [2.05, 4.69) is 5.32 Å². The van der Waals surface area contributed by atoms with Gasteiger partial charge in [0.15, 0.2) is 0 Å². The van der Waals surface area contributed by atoms with Gasteiger partial charge >= 0.3 is 0 Å². The molecule has 3 nitrogen and oxygen atoms in total. The van der Waals surface area contributed by atoms with Crippen LogP contribution >= 0.6 is 34.0 Å². The fraction of sp³-hybridized carbons (Fsp3) is 0.188. The van der Waals surface area contributed by atoms with E-state index in [0.29, 0.717) is 6.42 Å². The zero-order valence-corrected chi connectivity index (χ0v) is 14.1. The number of thiophene rings is 3. The summed E-state index contributed by atoms with van der Waals surface area (Å²) >= 11 is 4.60. The van der Waals surface area contributed by atoms with E-state index in [-0.39, 0.29) is 12.5 Å². The average molecular weight is 350 g/mol. The summed E-state index contributed by atoms with van der Waals surface area (Å²) in [6, 6.07) is 7.64. The van der Waals surface area contributed by atoms with E-state index in [1.807, 2.05) is 51.2 Å². The van der Waals surface area contributed by atoms with Crippen LogP contribution in [0.2, 0.25) is 0 Å². The predicted molar refractivity (Wildman–Crippen MR) is 92.7 cm³/mol. The number of carbonyl (C=O) groups excluding carboxylic acids is 1. The van der Waals surface area contributed by atoms with Gasteiger partial charge in [0.1, 0.15) is 5.60 Å². The summed E-state index contributed by atoms with van der Waals surface area (Å²) in [6.07, 6.45) is 0.341. The molecule has 1 amide bonds. The maximum Gasteiger partial charge on any atom is 0.224 e. The van der Waals surface area contributed by atoms with Crippen molar-refractivity contribution in [1.82, 2.24) is 5.32 Å². The van der Waals surface area contributed by atoms with Gasteiger partial charge in [-0.05, 0) is 50.7 Å². The van der Waals surface area contributed by atoms with Crippen LogP contribution in [0, 0.1) is 0 Å². The molecule has 22 heavy (non-hydrogen) atoms. The van der Waals surface area contributed by atoms with Gasteiger partial charge in [-0.25, -0.2) is 0 Å². The SMILES string of the molecule is O=C(Cc1ccsc1)NCC(O)(c1ccsc1)c1cccs1. The van der Waals surface area contributed by atoms with Gasteiger partial charge in [-0.1, -0.05) is 6.07 Å². The number of aliphatic hydroxyl groups is 1. The molecular formula is C16H15NO2S3. The van der Waals surface area contributed by atoms with Gasteiger partial charge in [0.25, 0.3) is 0 Å². The number of amides is 1. The van der Waals surface area contributed by atoms with Gasteiger partial charge in [0, 0.05) is 10.4 Å². The summed E-state index contributed by atoms with van der Waals surface area (Å²) < 4.78 is 0. The molecular weight excluding hydrogens is 334 g/mol. The van der Waals surface area contributed by atoms with Crippen LogP contribution in [0.15, 0.2) is 51.2 Å². The van der Waals surface area contributed by atoms with Crippen LogP contribution in [0.1, 0.15) is 16.0 Å². The van der Waals surface area contributed by atoms with Crippen molar-refractivity contribution in [3.05, 3.63) is 67.2 Å². The number of carbonyl (C=O) groups is 1. The summed E-state index contributed by atoms with van der Waals surface area (Å²) in [7, 11) is 0. The third-order valence-electron chi connectivity index (χ3n) is 3.41. The molecule has 1 unspecified atom stereocenters. The number of nitrogens with one attached hydrogen (secondary N) is 1. The minimum atomic E-state index is -1.17. The van der Waals surface area contributed by atoms with Crippen molar-refractivity contribution in [2.75, 3.05) is 6.54 Å². The largest absolute Gasteiger partial charge is 0.378 e. The quantitative estimate of drug-likeness (QED) is 0.716. The first kappa shape index (κ1) is 15.4. The Labute approximate surface area is 140 Å². The van der Waals surface area contributed by atoms with Gasteiger partial charge in [0.2, 0.25) is 5.91 Å². The van der Waals surface area contributed by atoms with Crippen LogP contribution < -0.4 is 5.32 Å². The molecule has 0 aromatic carbocycles. The lowest BCUT2D eigenvalue weighted by atomic mass is 9.94. The topological polar surface area (TPSA) is 49.3 Å². The molecule has 6 heteroatoms. The first-order valence-electron chi connectivity index (χ1n) is 6.75. The summed E-state index contributed by atoms with van der Waals surface area (Å²) in [4.78, 5) is 12.9. The van der Waals surface area contributed by atoms with Crippen molar-refractivity contribution in [2.45, 2.75) is 12.0 Å². The standard InChI is InChI=1S/C16H15NO2S3/c18-15(8-12-3-6-20-9-12)17-11-16(19,13-4-7-21-10-13)14-2-1-5-22-14/h1-7,9-10,19H,8,11H2,(H,17,18). The molecule has 0 aliphatic heterocycles. The van der Waals surface area contributed by atoms with E-state index in [9.17, 15) is 9.90 Å². The van der Waals surface area contributed by atoms with E-state index >= 15 is 0 Å². The lowest BCUT2D eigenvalue weighted by molar-refractivity contribution is -0.121. The maximum absolute atomic E-state index is 12.1. The summed E-state index contributed by atoms with van der Waals surface area (Å²) in [5.41, 5.74) is 0.645. The van der Waals surface area contributed by atoms with Crippen molar-refractivity contribution >= 4 is 39.9 Å². The van der Waals surface area contributed by atoms with E-state index < -0.39 is 5.60 Å². The van der Waals surface area contributed by atoms with Gasteiger partial charge in [-0.2, -0.15) is 22.7 Å². The summed E-state index contributed by atoms with van der Waals surface area (Å²) in [5, 5.41) is 23.7. The molecule has 0 aliphatic rings. The molecule has 114 valence electrons.